The van der Waals surface area contributed by atoms with E-state index in [9.17, 15) is 9.90 Å². The number of aryl methyl sites for hydroxylation is 1. The Morgan fingerprint density at radius 1 is 1.32 bits per heavy atom. The number of benzene rings is 1. The highest BCUT2D eigenvalue weighted by Crippen LogP contribution is 2.08. The highest BCUT2D eigenvalue weighted by atomic mass is 16.3. The van der Waals surface area contributed by atoms with Crippen LogP contribution in [-0.4, -0.2) is 34.6 Å². The van der Waals surface area contributed by atoms with Gasteiger partial charge in [0.2, 0.25) is 5.91 Å². The van der Waals surface area contributed by atoms with Crippen molar-refractivity contribution < 1.29 is 9.90 Å². The van der Waals surface area contributed by atoms with Crippen molar-refractivity contribution in [2.45, 2.75) is 33.3 Å². The van der Waals surface area contributed by atoms with Gasteiger partial charge in [0.15, 0.2) is 0 Å². The number of nitrogens with zero attached hydrogens (tertiary/aromatic N) is 1. The summed E-state index contributed by atoms with van der Waals surface area (Å²) in [5.74, 6) is -0.0785. The monoisotopic (exact) mass is 261 g/mol. The van der Waals surface area contributed by atoms with E-state index in [1.807, 2.05) is 38.1 Å². The van der Waals surface area contributed by atoms with Crippen LogP contribution in [0.25, 0.3) is 6.08 Å². The molecule has 0 aromatic heterocycles. The summed E-state index contributed by atoms with van der Waals surface area (Å²) in [6.07, 6.45) is 3.36. The maximum absolute atomic E-state index is 12.0. The molecule has 3 nitrogen and oxygen atoms in total. The van der Waals surface area contributed by atoms with Gasteiger partial charge < -0.3 is 10.0 Å². The van der Waals surface area contributed by atoms with E-state index in [1.165, 1.54) is 5.56 Å². The fourth-order valence-corrected chi connectivity index (χ4v) is 1.76. The van der Waals surface area contributed by atoms with Gasteiger partial charge in [0, 0.05) is 19.2 Å². The molecule has 1 aromatic carbocycles. The van der Waals surface area contributed by atoms with Gasteiger partial charge in [-0.05, 0) is 39.3 Å². The zero-order chi connectivity index (χ0) is 14.5. The minimum Gasteiger partial charge on any atom is -0.389 e. The first kappa shape index (κ1) is 15.4. The summed E-state index contributed by atoms with van der Waals surface area (Å²) in [4.78, 5) is 13.6. The number of carbonyl (C=O) groups excluding carboxylic acids is 1. The Labute approximate surface area is 115 Å². The average molecular weight is 261 g/mol. The van der Waals surface area contributed by atoms with Gasteiger partial charge in [0.05, 0.1) is 5.60 Å². The molecule has 3 heteroatoms. The number of rotatable bonds is 5. The third-order valence-corrected chi connectivity index (χ3v) is 2.77. The summed E-state index contributed by atoms with van der Waals surface area (Å²) >= 11 is 0. The first-order valence-corrected chi connectivity index (χ1v) is 6.58. The minimum atomic E-state index is -0.872. The van der Waals surface area contributed by atoms with Crippen LogP contribution >= 0.6 is 0 Å². The van der Waals surface area contributed by atoms with Gasteiger partial charge in [-0.3, -0.25) is 4.79 Å². The molecule has 0 fully saturated rings. The van der Waals surface area contributed by atoms with E-state index in [1.54, 1.807) is 30.9 Å². The molecule has 0 aliphatic carbocycles. The number of likely N-dealkylation sites (N-methyl/N-ethyl adjacent to an activating group) is 1. The molecule has 19 heavy (non-hydrogen) atoms. The molecule has 0 aliphatic rings. The molecule has 104 valence electrons. The second kappa shape index (κ2) is 6.53. The van der Waals surface area contributed by atoms with Gasteiger partial charge in [-0.1, -0.05) is 29.8 Å². The highest BCUT2D eigenvalue weighted by molar-refractivity contribution is 5.91. The second-order valence-corrected chi connectivity index (χ2v) is 5.41. The van der Waals surface area contributed by atoms with Crippen molar-refractivity contribution in [3.05, 3.63) is 41.5 Å². The first-order valence-electron chi connectivity index (χ1n) is 6.58. The topological polar surface area (TPSA) is 40.5 Å². The highest BCUT2D eigenvalue weighted by Gasteiger charge is 2.19. The summed E-state index contributed by atoms with van der Waals surface area (Å²) < 4.78 is 0. The van der Waals surface area contributed by atoms with Crippen LogP contribution in [0.3, 0.4) is 0 Å². The number of hydrogen-bond acceptors (Lipinski definition) is 2. The maximum atomic E-state index is 12.0. The molecular formula is C16H23NO2. The number of carbonyl (C=O) groups is 1. The third-order valence-electron chi connectivity index (χ3n) is 2.77. The van der Waals surface area contributed by atoms with E-state index >= 15 is 0 Å². The number of hydrogen-bond donors (Lipinski definition) is 1. The van der Waals surface area contributed by atoms with E-state index < -0.39 is 5.60 Å². The summed E-state index contributed by atoms with van der Waals surface area (Å²) in [7, 11) is 0. The molecule has 0 radical (unpaired) electrons. The quantitative estimate of drug-likeness (QED) is 0.828. The Morgan fingerprint density at radius 3 is 2.37 bits per heavy atom. The van der Waals surface area contributed by atoms with Gasteiger partial charge in [-0.15, -0.1) is 0 Å². The molecule has 0 saturated carbocycles. The lowest BCUT2D eigenvalue weighted by Crippen LogP contribution is -2.41. The summed E-state index contributed by atoms with van der Waals surface area (Å²) in [6.45, 7) is 8.25. The second-order valence-electron chi connectivity index (χ2n) is 5.41. The van der Waals surface area contributed by atoms with Gasteiger partial charge in [0.25, 0.3) is 0 Å². The summed E-state index contributed by atoms with van der Waals surface area (Å²) in [5.41, 5.74) is 1.32. The standard InChI is InChI=1S/C16H23NO2/c1-5-17(12-16(3,4)19)15(18)11-10-14-8-6-13(2)7-9-14/h6-11,19H,5,12H2,1-4H3. The lowest BCUT2D eigenvalue weighted by Gasteiger charge is -2.27. The predicted molar refractivity (Wildman–Crippen MR) is 78.8 cm³/mol. The zero-order valence-corrected chi connectivity index (χ0v) is 12.2. The fourth-order valence-electron chi connectivity index (χ4n) is 1.76. The van der Waals surface area contributed by atoms with Crippen molar-refractivity contribution in [1.82, 2.24) is 4.90 Å². The van der Waals surface area contributed by atoms with E-state index in [-0.39, 0.29) is 5.91 Å². The van der Waals surface area contributed by atoms with E-state index in [2.05, 4.69) is 0 Å². The Morgan fingerprint density at radius 2 is 1.89 bits per heavy atom. The summed E-state index contributed by atoms with van der Waals surface area (Å²) in [5, 5.41) is 9.77. The molecule has 1 amide bonds. The number of aliphatic hydroxyl groups is 1. The van der Waals surface area contributed by atoms with Crippen LogP contribution in [0.2, 0.25) is 0 Å². The molecule has 0 atom stereocenters. The molecular weight excluding hydrogens is 238 g/mol. The molecule has 0 heterocycles. The van der Waals surface area contributed by atoms with Crippen molar-refractivity contribution in [1.29, 1.82) is 0 Å². The van der Waals surface area contributed by atoms with Crippen molar-refractivity contribution in [3.8, 4) is 0 Å². The molecule has 0 unspecified atom stereocenters. The Kier molecular flexibility index (Phi) is 5.31. The van der Waals surface area contributed by atoms with Crippen LogP contribution in [0, 0.1) is 6.92 Å². The van der Waals surface area contributed by atoms with Crippen LogP contribution in [-0.2, 0) is 4.79 Å². The van der Waals surface area contributed by atoms with E-state index in [0.717, 1.165) is 5.56 Å². The van der Waals surface area contributed by atoms with Crippen LogP contribution in [0.5, 0.6) is 0 Å². The van der Waals surface area contributed by atoms with Crippen LogP contribution in [0.4, 0.5) is 0 Å². The van der Waals surface area contributed by atoms with Crippen LogP contribution in [0.1, 0.15) is 31.9 Å². The lowest BCUT2D eigenvalue weighted by molar-refractivity contribution is -0.128. The van der Waals surface area contributed by atoms with Crippen LogP contribution < -0.4 is 0 Å². The molecule has 0 saturated heterocycles. The minimum absolute atomic E-state index is 0.0785. The molecule has 1 rings (SSSR count). The van der Waals surface area contributed by atoms with E-state index in [4.69, 9.17) is 0 Å². The molecule has 0 spiro atoms. The normalized spacial score (nSPS) is 11.8. The average Bonchev–Trinajstić information content (AvgIpc) is 2.34. The van der Waals surface area contributed by atoms with Crippen molar-refractivity contribution in [2.24, 2.45) is 0 Å². The lowest BCUT2D eigenvalue weighted by atomic mass is 10.1. The largest absolute Gasteiger partial charge is 0.389 e. The van der Waals surface area contributed by atoms with Crippen molar-refractivity contribution >= 4 is 12.0 Å². The Balaban J connectivity index is 2.69. The van der Waals surface area contributed by atoms with Crippen molar-refractivity contribution in [3.63, 3.8) is 0 Å². The molecule has 0 bridgehead atoms. The van der Waals surface area contributed by atoms with E-state index in [0.29, 0.717) is 13.1 Å². The number of amides is 1. The predicted octanol–water partition coefficient (Wildman–Crippen LogP) is 2.63. The zero-order valence-electron chi connectivity index (χ0n) is 12.2. The first-order chi connectivity index (χ1) is 8.81. The molecule has 1 N–H and O–H groups in total. The smallest absolute Gasteiger partial charge is 0.246 e. The van der Waals surface area contributed by atoms with Gasteiger partial charge in [0.1, 0.15) is 0 Å². The van der Waals surface area contributed by atoms with Gasteiger partial charge >= 0.3 is 0 Å². The third kappa shape index (κ3) is 5.71. The van der Waals surface area contributed by atoms with Gasteiger partial charge in [-0.2, -0.15) is 0 Å². The fraction of sp³-hybridized carbons (Fsp3) is 0.438. The molecule has 1 aromatic rings. The van der Waals surface area contributed by atoms with Gasteiger partial charge in [-0.25, -0.2) is 0 Å². The Bertz CT molecular complexity index is 441. The van der Waals surface area contributed by atoms with Crippen LogP contribution in [0.15, 0.2) is 30.3 Å². The summed E-state index contributed by atoms with van der Waals surface area (Å²) in [6, 6.07) is 7.98. The van der Waals surface area contributed by atoms with Crippen molar-refractivity contribution in [2.75, 3.05) is 13.1 Å². The maximum Gasteiger partial charge on any atom is 0.246 e. The Hall–Kier alpha value is -1.61. The SMILES string of the molecule is CCN(CC(C)(C)O)C(=O)C=Cc1ccc(C)cc1. The molecule has 0 aliphatic heterocycles.